The van der Waals surface area contributed by atoms with E-state index in [1.165, 1.54) is 11.9 Å². The first-order valence-electron chi connectivity index (χ1n) is 10.2. The summed E-state index contributed by atoms with van der Waals surface area (Å²) in [5.74, 6) is -0.870. The zero-order chi connectivity index (χ0) is 23.9. The van der Waals surface area contributed by atoms with Gasteiger partial charge < -0.3 is 10.0 Å². The van der Waals surface area contributed by atoms with Crippen molar-refractivity contribution in [3.63, 3.8) is 0 Å². The lowest BCUT2D eigenvalue weighted by Crippen LogP contribution is -2.33. The summed E-state index contributed by atoms with van der Waals surface area (Å²) in [5, 5.41) is 17.0. The van der Waals surface area contributed by atoms with Gasteiger partial charge in [-0.1, -0.05) is 23.7 Å². The van der Waals surface area contributed by atoms with Crippen molar-refractivity contribution in [3.05, 3.63) is 85.5 Å². The molecule has 0 saturated heterocycles. The van der Waals surface area contributed by atoms with E-state index < -0.39 is 23.2 Å². The summed E-state index contributed by atoms with van der Waals surface area (Å²) in [6.07, 6.45) is 0.191. The molecule has 2 aromatic carbocycles. The van der Waals surface area contributed by atoms with Crippen LogP contribution >= 0.6 is 11.6 Å². The van der Waals surface area contributed by atoms with Crippen LogP contribution < -0.4 is 16.1 Å². The molecular formula is C23H22ClN5O4. The van der Waals surface area contributed by atoms with E-state index >= 15 is 0 Å². The summed E-state index contributed by atoms with van der Waals surface area (Å²) < 4.78 is 0.965. The summed E-state index contributed by atoms with van der Waals surface area (Å²) in [4.78, 5) is 41.7. The monoisotopic (exact) mass is 467 g/mol. The van der Waals surface area contributed by atoms with Gasteiger partial charge >= 0.3 is 5.69 Å². The van der Waals surface area contributed by atoms with Gasteiger partial charge in [-0.15, -0.1) is 0 Å². The molecule has 1 unspecified atom stereocenters. The second kappa shape index (κ2) is 8.59. The van der Waals surface area contributed by atoms with Gasteiger partial charge in [-0.25, -0.2) is 14.4 Å². The Morgan fingerprint density at radius 1 is 1.12 bits per heavy atom. The number of rotatable bonds is 4. The number of carbonyl (C=O) groups excluding carboxylic acids is 1. The predicted octanol–water partition coefficient (Wildman–Crippen LogP) is 2.65. The maximum Gasteiger partial charge on any atom is 0.335 e. The first-order chi connectivity index (χ1) is 15.7. The van der Waals surface area contributed by atoms with Gasteiger partial charge in [0.1, 0.15) is 5.56 Å². The molecule has 1 aliphatic heterocycles. The van der Waals surface area contributed by atoms with Crippen LogP contribution in [-0.4, -0.2) is 45.4 Å². The quantitative estimate of drug-likeness (QED) is 0.612. The zero-order valence-corrected chi connectivity index (χ0v) is 19.0. The molecular weight excluding hydrogens is 446 g/mol. The number of hydrogen-bond donors (Lipinski definition) is 2. The molecule has 170 valence electrons. The van der Waals surface area contributed by atoms with Crippen LogP contribution in [0.3, 0.4) is 0 Å². The summed E-state index contributed by atoms with van der Waals surface area (Å²) in [6, 6.07) is 13.4. The normalized spacial score (nSPS) is 15.5. The van der Waals surface area contributed by atoms with Crippen molar-refractivity contribution in [1.29, 1.82) is 0 Å². The van der Waals surface area contributed by atoms with Crippen molar-refractivity contribution in [2.45, 2.75) is 19.4 Å². The van der Waals surface area contributed by atoms with E-state index in [1.807, 2.05) is 43.3 Å². The van der Waals surface area contributed by atoms with Crippen molar-refractivity contribution in [3.8, 4) is 11.6 Å². The van der Waals surface area contributed by atoms with Crippen LogP contribution in [0.15, 0.2) is 63.2 Å². The third-order valence-electron chi connectivity index (χ3n) is 5.49. The Bertz CT molecular complexity index is 1360. The molecule has 1 aliphatic rings. The van der Waals surface area contributed by atoms with Gasteiger partial charge in [-0.05, 0) is 42.0 Å². The average Bonchev–Trinajstić information content (AvgIpc) is 3.20. The van der Waals surface area contributed by atoms with E-state index in [4.69, 9.17) is 11.6 Å². The number of benzene rings is 2. The van der Waals surface area contributed by atoms with Crippen LogP contribution in [0.1, 0.15) is 30.5 Å². The van der Waals surface area contributed by atoms with Gasteiger partial charge in [-0.2, -0.15) is 5.10 Å². The van der Waals surface area contributed by atoms with E-state index in [1.54, 1.807) is 24.3 Å². The van der Waals surface area contributed by atoms with E-state index in [-0.39, 0.29) is 23.6 Å². The molecule has 0 aliphatic carbocycles. The number of anilines is 1. The number of aromatic nitrogens is 2. The number of nitrogens with zero attached hydrogens (tertiary/aromatic N) is 4. The zero-order valence-electron chi connectivity index (χ0n) is 18.2. The lowest BCUT2D eigenvalue weighted by atomic mass is 9.99. The number of aromatic amines is 1. The van der Waals surface area contributed by atoms with Crippen LogP contribution in [-0.2, 0) is 4.79 Å². The third-order valence-corrected chi connectivity index (χ3v) is 5.74. The maximum absolute atomic E-state index is 12.7. The van der Waals surface area contributed by atoms with Crippen molar-refractivity contribution >= 4 is 28.9 Å². The summed E-state index contributed by atoms with van der Waals surface area (Å²) in [6.45, 7) is 1.38. The Balaban J connectivity index is 1.79. The molecule has 9 nitrogen and oxygen atoms in total. The van der Waals surface area contributed by atoms with Crippen molar-refractivity contribution in [2.24, 2.45) is 5.10 Å². The minimum absolute atomic E-state index is 0.164. The van der Waals surface area contributed by atoms with Crippen LogP contribution in [0.2, 0.25) is 5.02 Å². The summed E-state index contributed by atoms with van der Waals surface area (Å²) >= 11 is 5.92. The highest BCUT2D eigenvalue weighted by atomic mass is 35.5. The Morgan fingerprint density at radius 3 is 2.33 bits per heavy atom. The number of carbonyl (C=O) groups is 1. The Morgan fingerprint density at radius 2 is 1.76 bits per heavy atom. The van der Waals surface area contributed by atoms with Crippen LogP contribution in [0.5, 0.6) is 5.88 Å². The van der Waals surface area contributed by atoms with E-state index in [9.17, 15) is 19.5 Å². The minimum atomic E-state index is -0.804. The molecule has 2 N–H and O–H groups in total. The highest BCUT2D eigenvalue weighted by Gasteiger charge is 2.34. The van der Waals surface area contributed by atoms with Crippen molar-refractivity contribution in [1.82, 2.24) is 14.6 Å². The molecule has 1 atom stereocenters. The number of aromatic hydroxyl groups is 1. The SMILES string of the molecule is CC(=O)N1N=C(c2c(O)n(-c3ccc(Cl)cc3)c(=O)[nH]c2=O)CC1c1ccc(N(C)C)cc1. The van der Waals surface area contributed by atoms with Gasteiger partial charge in [0.15, 0.2) is 0 Å². The van der Waals surface area contributed by atoms with Crippen molar-refractivity contribution in [2.75, 3.05) is 19.0 Å². The topological polar surface area (TPSA) is 111 Å². The fraction of sp³-hybridized carbons (Fsp3) is 0.217. The first-order valence-corrected chi connectivity index (χ1v) is 10.5. The van der Waals surface area contributed by atoms with Crippen LogP contribution in [0.4, 0.5) is 5.69 Å². The number of halogens is 1. The fourth-order valence-electron chi connectivity index (χ4n) is 3.82. The standard InChI is InChI=1S/C23H22ClN5O4/c1-13(30)29-19(14-4-8-16(9-5-14)27(2)3)12-18(26-29)20-21(31)25-23(33)28(22(20)32)17-10-6-15(24)7-11-17/h4-11,19,32H,12H2,1-3H3,(H,25,31,33). The molecule has 0 bridgehead atoms. The van der Waals surface area contributed by atoms with Gasteiger partial charge in [0.25, 0.3) is 5.56 Å². The summed E-state index contributed by atoms with van der Waals surface area (Å²) in [7, 11) is 3.86. The Labute approximate surface area is 194 Å². The number of nitrogens with one attached hydrogen (secondary N) is 1. The molecule has 0 radical (unpaired) electrons. The average molecular weight is 468 g/mol. The van der Waals surface area contributed by atoms with E-state index in [0.29, 0.717) is 10.7 Å². The van der Waals surface area contributed by atoms with E-state index in [0.717, 1.165) is 15.8 Å². The predicted molar refractivity (Wildman–Crippen MR) is 127 cm³/mol. The molecule has 0 spiro atoms. The molecule has 10 heteroatoms. The highest BCUT2D eigenvalue weighted by Crippen LogP contribution is 2.34. The van der Waals surface area contributed by atoms with Crippen molar-refractivity contribution < 1.29 is 9.90 Å². The molecule has 1 aromatic heterocycles. The van der Waals surface area contributed by atoms with Gasteiger partial charge in [-0.3, -0.25) is 14.6 Å². The molecule has 0 saturated carbocycles. The Hall–Kier alpha value is -3.85. The summed E-state index contributed by atoms with van der Waals surface area (Å²) in [5.41, 5.74) is 0.594. The Kier molecular flexibility index (Phi) is 5.82. The highest BCUT2D eigenvalue weighted by molar-refractivity contribution is 6.30. The molecule has 33 heavy (non-hydrogen) atoms. The number of hydrazone groups is 1. The van der Waals surface area contributed by atoms with Crippen LogP contribution in [0.25, 0.3) is 5.69 Å². The number of hydrogen-bond acceptors (Lipinski definition) is 6. The molecule has 3 aromatic rings. The molecule has 4 rings (SSSR count). The van der Waals surface area contributed by atoms with E-state index in [2.05, 4.69) is 10.1 Å². The molecule has 0 fully saturated rings. The van der Waals surface area contributed by atoms with Gasteiger partial charge in [0.2, 0.25) is 11.8 Å². The minimum Gasteiger partial charge on any atom is -0.493 e. The molecule has 2 heterocycles. The number of H-pyrrole nitrogens is 1. The first kappa shape index (κ1) is 22.3. The van der Waals surface area contributed by atoms with Crippen LogP contribution in [0, 0.1) is 0 Å². The third kappa shape index (κ3) is 4.14. The lowest BCUT2D eigenvalue weighted by Gasteiger charge is -2.21. The largest absolute Gasteiger partial charge is 0.493 e. The second-order valence-electron chi connectivity index (χ2n) is 7.89. The smallest absolute Gasteiger partial charge is 0.335 e. The molecule has 1 amide bonds. The van der Waals surface area contributed by atoms with Gasteiger partial charge in [0.05, 0.1) is 17.4 Å². The fourth-order valence-corrected chi connectivity index (χ4v) is 3.95. The number of amides is 1. The lowest BCUT2D eigenvalue weighted by molar-refractivity contribution is -0.130. The second-order valence-corrected chi connectivity index (χ2v) is 8.32. The maximum atomic E-state index is 12.7. The van der Waals surface area contributed by atoms with Gasteiger partial charge in [0, 0.05) is 38.1 Å².